The van der Waals surface area contributed by atoms with E-state index in [2.05, 4.69) is 132 Å². The van der Waals surface area contributed by atoms with Gasteiger partial charge in [0.15, 0.2) is 0 Å². The van der Waals surface area contributed by atoms with Gasteiger partial charge in [-0.05, 0) is 94.6 Å². The van der Waals surface area contributed by atoms with Gasteiger partial charge >= 0.3 is 0 Å². The van der Waals surface area contributed by atoms with Crippen LogP contribution in [-0.2, 0) is 6.42 Å². The molecule has 0 radical (unpaired) electrons. The summed E-state index contributed by atoms with van der Waals surface area (Å²) in [6, 6.07) is 25.8. The molecule has 0 unspecified atom stereocenters. The molecule has 1 aliphatic heterocycles. The average Bonchev–Trinajstić information content (AvgIpc) is 2.91. The molecule has 0 amide bonds. The number of piperidine rings is 1. The maximum Gasteiger partial charge on any atom is 0.0302 e. The molecule has 2 heteroatoms. The van der Waals surface area contributed by atoms with Gasteiger partial charge in [0.25, 0.3) is 0 Å². The lowest BCUT2D eigenvalue weighted by Gasteiger charge is -2.29. The first-order chi connectivity index (χ1) is 18.2. The van der Waals surface area contributed by atoms with E-state index in [1.165, 1.54) is 61.0 Å². The van der Waals surface area contributed by atoms with Crippen molar-refractivity contribution < 1.29 is 0 Å². The first-order valence-corrected chi connectivity index (χ1v) is 14.6. The van der Waals surface area contributed by atoms with E-state index < -0.39 is 0 Å². The van der Waals surface area contributed by atoms with Crippen molar-refractivity contribution in [3.8, 4) is 0 Å². The lowest BCUT2D eigenvalue weighted by atomic mass is 10.0. The summed E-state index contributed by atoms with van der Waals surface area (Å²) in [4.78, 5) is 6.56. The van der Waals surface area contributed by atoms with Crippen LogP contribution in [0.4, 0.5) is 0 Å². The van der Waals surface area contributed by atoms with Crippen LogP contribution in [0.3, 0.4) is 0 Å². The van der Waals surface area contributed by atoms with Crippen molar-refractivity contribution in [3.05, 3.63) is 107 Å². The predicted octanol–water partition coefficient (Wildman–Crippen LogP) is 10.1. The second kappa shape index (κ2) is 20.3. The summed E-state index contributed by atoms with van der Waals surface area (Å²) in [5, 5.41) is 0. The molecule has 4 rings (SSSR count). The van der Waals surface area contributed by atoms with Crippen molar-refractivity contribution in [1.29, 1.82) is 0 Å². The van der Waals surface area contributed by atoms with Crippen LogP contribution in [-0.4, -0.2) is 29.0 Å². The Morgan fingerprint density at radius 1 is 0.763 bits per heavy atom. The minimum atomic E-state index is 0.596. The van der Waals surface area contributed by atoms with Crippen LogP contribution in [0.25, 0.3) is 6.08 Å². The SMILES string of the molecule is CC(C)=Cc1ccccc1.CC(C)Cc1ccccc1.CC(C)N1CCCCC1.CC(C)c1cccnc1. The highest BCUT2D eigenvalue weighted by molar-refractivity contribution is 5.51. The van der Waals surface area contributed by atoms with Crippen molar-refractivity contribution in [2.45, 2.75) is 93.0 Å². The molecule has 0 atom stereocenters. The molecule has 0 saturated carbocycles. The van der Waals surface area contributed by atoms with Crippen molar-refractivity contribution in [1.82, 2.24) is 9.88 Å². The molecule has 0 N–H and O–H groups in total. The summed E-state index contributed by atoms with van der Waals surface area (Å²) in [5.41, 5.74) is 5.36. The molecule has 38 heavy (non-hydrogen) atoms. The zero-order valence-corrected chi connectivity index (χ0v) is 25.5. The molecule has 0 bridgehead atoms. The van der Waals surface area contributed by atoms with Gasteiger partial charge in [0.1, 0.15) is 0 Å². The second-order valence-corrected chi connectivity index (χ2v) is 11.3. The van der Waals surface area contributed by atoms with Crippen LogP contribution >= 0.6 is 0 Å². The van der Waals surface area contributed by atoms with E-state index in [1.807, 2.05) is 18.3 Å². The van der Waals surface area contributed by atoms with E-state index in [1.54, 1.807) is 6.20 Å². The molecule has 0 spiro atoms. The maximum absolute atomic E-state index is 4.01. The van der Waals surface area contributed by atoms with E-state index in [-0.39, 0.29) is 0 Å². The van der Waals surface area contributed by atoms with Crippen LogP contribution in [0.5, 0.6) is 0 Å². The third-order valence-electron chi connectivity index (χ3n) is 6.21. The Kier molecular flexibility index (Phi) is 17.8. The second-order valence-electron chi connectivity index (χ2n) is 11.3. The lowest BCUT2D eigenvalue weighted by Crippen LogP contribution is -2.35. The molecule has 1 fully saturated rings. The molecule has 2 heterocycles. The van der Waals surface area contributed by atoms with Crippen molar-refractivity contribution in [2.24, 2.45) is 5.92 Å². The van der Waals surface area contributed by atoms with Crippen LogP contribution in [0, 0.1) is 5.92 Å². The van der Waals surface area contributed by atoms with Crippen LogP contribution in [0.1, 0.15) is 97.3 Å². The van der Waals surface area contributed by atoms with Crippen molar-refractivity contribution >= 4 is 6.08 Å². The van der Waals surface area contributed by atoms with Crippen LogP contribution in [0.15, 0.2) is 90.8 Å². The summed E-state index contributed by atoms with van der Waals surface area (Å²) >= 11 is 0. The Labute approximate surface area is 235 Å². The average molecular weight is 515 g/mol. The number of benzene rings is 2. The van der Waals surface area contributed by atoms with Gasteiger partial charge in [-0.2, -0.15) is 0 Å². The number of rotatable bonds is 5. The Balaban J connectivity index is 0.000000254. The molecule has 1 aromatic heterocycles. The first-order valence-electron chi connectivity index (χ1n) is 14.6. The molecule has 2 aromatic carbocycles. The Morgan fingerprint density at radius 3 is 1.74 bits per heavy atom. The normalized spacial score (nSPS) is 12.9. The first kappa shape index (κ1) is 33.3. The van der Waals surface area contributed by atoms with E-state index in [4.69, 9.17) is 0 Å². The minimum Gasteiger partial charge on any atom is -0.301 e. The quantitative estimate of drug-likeness (QED) is 0.337. The van der Waals surface area contributed by atoms with Gasteiger partial charge in [-0.1, -0.05) is 112 Å². The number of hydrogen-bond acceptors (Lipinski definition) is 2. The molecule has 0 aliphatic carbocycles. The van der Waals surface area contributed by atoms with Gasteiger partial charge in [0, 0.05) is 18.4 Å². The number of likely N-dealkylation sites (tertiary alicyclic amines) is 1. The molecule has 208 valence electrons. The van der Waals surface area contributed by atoms with Crippen molar-refractivity contribution in [3.63, 3.8) is 0 Å². The molecule has 2 nitrogen and oxygen atoms in total. The fourth-order valence-electron chi connectivity index (χ4n) is 4.12. The molecule has 1 aliphatic rings. The topological polar surface area (TPSA) is 16.1 Å². The van der Waals surface area contributed by atoms with Gasteiger partial charge in [0.2, 0.25) is 0 Å². The molecule has 3 aromatic rings. The number of allylic oxidation sites excluding steroid dienone is 1. The summed E-state index contributed by atoms with van der Waals surface area (Å²) in [6.45, 7) is 20.2. The van der Waals surface area contributed by atoms with Crippen molar-refractivity contribution in [2.75, 3.05) is 13.1 Å². The standard InChI is InChI=1S/C10H14.C10H12.C8H11N.C8H17N/c2*1-9(2)8-10-6-4-3-5-7-10;1-7(2)8-4-3-5-9-6-8;1-8(2)9-6-4-3-5-7-9/h3-7,9H,8H2,1-2H3;3-8H,1-2H3;3-7H,1-2H3;8H,3-7H2,1-2H3. The van der Waals surface area contributed by atoms with Gasteiger partial charge in [-0.25, -0.2) is 0 Å². The summed E-state index contributed by atoms with van der Waals surface area (Å²) in [5.74, 6) is 1.36. The molecule has 1 saturated heterocycles. The van der Waals surface area contributed by atoms with E-state index in [0.717, 1.165) is 12.0 Å². The highest BCUT2D eigenvalue weighted by atomic mass is 15.1. The number of hydrogen-bond donors (Lipinski definition) is 0. The fraction of sp³-hybridized carbons (Fsp3) is 0.472. The van der Waals surface area contributed by atoms with E-state index >= 15 is 0 Å². The largest absolute Gasteiger partial charge is 0.301 e. The maximum atomic E-state index is 4.01. The Morgan fingerprint density at radius 2 is 1.34 bits per heavy atom. The Bertz CT molecular complexity index is 950. The van der Waals surface area contributed by atoms with E-state index in [0.29, 0.717) is 5.92 Å². The van der Waals surface area contributed by atoms with E-state index in [9.17, 15) is 0 Å². The lowest BCUT2D eigenvalue weighted by molar-refractivity contribution is 0.185. The summed E-state index contributed by atoms with van der Waals surface area (Å²) < 4.78 is 0. The summed E-state index contributed by atoms with van der Waals surface area (Å²) in [6.07, 6.45) is 11.3. The Hall–Kier alpha value is -2.71. The third kappa shape index (κ3) is 16.9. The summed E-state index contributed by atoms with van der Waals surface area (Å²) in [7, 11) is 0. The number of aromatic nitrogens is 1. The van der Waals surface area contributed by atoms with Gasteiger partial charge in [-0.3, -0.25) is 4.98 Å². The fourth-order valence-corrected chi connectivity index (χ4v) is 4.12. The highest BCUT2D eigenvalue weighted by Gasteiger charge is 2.11. The monoisotopic (exact) mass is 514 g/mol. The predicted molar refractivity (Wildman–Crippen MR) is 170 cm³/mol. The van der Waals surface area contributed by atoms with Crippen LogP contribution < -0.4 is 0 Å². The van der Waals surface area contributed by atoms with Crippen LogP contribution in [0.2, 0.25) is 0 Å². The minimum absolute atomic E-state index is 0.596. The van der Waals surface area contributed by atoms with Gasteiger partial charge in [0.05, 0.1) is 0 Å². The molecular weight excluding hydrogens is 460 g/mol. The van der Waals surface area contributed by atoms with Gasteiger partial charge in [-0.15, -0.1) is 0 Å². The van der Waals surface area contributed by atoms with Gasteiger partial charge < -0.3 is 4.90 Å². The zero-order valence-electron chi connectivity index (χ0n) is 25.5. The molecular formula is C36H54N2. The zero-order chi connectivity index (χ0) is 28.2. The highest BCUT2D eigenvalue weighted by Crippen LogP contribution is 2.11. The third-order valence-corrected chi connectivity index (χ3v) is 6.21. The smallest absolute Gasteiger partial charge is 0.0302 e. The number of nitrogens with zero attached hydrogens (tertiary/aromatic N) is 2. The number of pyridine rings is 1.